The van der Waals surface area contributed by atoms with Gasteiger partial charge in [0.25, 0.3) is 11.6 Å². The van der Waals surface area contributed by atoms with Crippen molar-refractivity contribution in [2.75, 3.05) is 6.61 Å². The molecule has 1 amide bonds. The summed E-state index contributed by atoms with van der Waals surface area (Å²) >= 11 is 0. The molecule has 1 heterocycles. The largest absolute Gasteiger partial charge is 0.484 e. The normalized spacial score (nSPS) is 21.0. The van der Waals surface area contributed by atoms with Gasteiger partial charge in [-0.3, -0.25) is 4.79 Å². The summed E-state index contributed by atoms with van der Waals surface area (Å²) in [5.74, 6) is -0.687. The number of aryl methyl sites for hydroxylation is 2. The molecule has 24 heavy (non-hydrogen) atoms. The maximum Gasteiger partial charge on any atom is 0.438 e. The number of hydrogen-bond donors (Lipinski definition) is 1. The zero-order chi connectivity index (χ0) is 18.1. The fraction of sp³-hybridized carbons (Fsp3) is 0.500. The lowest BCUT2D eigenvalue weighted by Gasteiger charge is -2.32. The van der Waals surface area contributed by atoms with Crippen molar-refractivity contribution in [1.82, 2.24) is 5.01 Å². The first-order valence-electron chi connectivity index (χ1n) is 7.46. The van der Waals surface area contributed by atoms with Crippen molar-refractivity contribution >= 4 is 11.6 Å². The average Bonchev–Trinajstić information content (AvgIpc) is 2.82. The van der Waals surface area contributed by atoms with Crippen LogP contribution in [0.3, 0.4) is 0 Å². The lowest BCUT2D eigenvalue weighted by Crippen LogP contribution is -2.57. The number of rotatable bonds is 4. The van der Waals surface area contributed by atoms with Crippen molar-refractivity contribution in [1.29, 1.82) is 0 Å². The molecule has 8 heteroatoms. The Hall–Kier alpha value is -2.09. The molecule has 1 aliphatic heterocycles. The Labute approximate surface area is 137 Å². The predicted molar refractivity (Wildman–Crippen MR) is 81.6 cm³/mol. The van der Waals surface area contributed by atoms with Crippen LogP contribution in [0.4, 0.5) is 13.2 Å². The van der Waals surface area contributed by atoms with Gasteiger partial charge in [-0.2, -0.15) is 23.3 Å². The highest BCUT2D eigenvalue weighted by Gasteiger charge is 2.62. The van der Waals surface area contributed by atoms with E-state index in [1.807, 2.05) is 19.9 Å². The summed E-state index contributed by atoms with van der Waals surface area (Å²) in [5, 5.41) is 13.7. The molecule has 1 aliphatic rings. The van der Waals surface area contributed by atoms with E-state index < -0.39 is 30.8 Å². The van der Waals surface area contributed by atoms with Crippen LogP contribution in [0.25, 0.3) is 0 Å². The highest BCUT2D eigenvalue weighted by molar-refractivity contribution is 5.90. The van der Waals surface area contributed by atoms with Gasteiger partial charge in [0, 0.05) is 12.1 Å². The molecule has 0 spiro atoms. The number of hydrogen-bond acceptors (Lipinski definition) is 4. The summed E-state index contributed by atoms with van der Waals surface area (Å²) in [6.45, 7) is 4.63. The van der Waals surface area contributed by atoms with E-state index in [4.69, 9.17) is 4.74 Å². The molecule has 1 N–H and O–H groups in total. The first kappa shape index (κ1) is 18.3. The second-order valence-electron chi connectivity index (χ2n) is 5.83. The Bertz CT molecular complexity index is 653. The number of aliphatic hydroxyl groups is 1. The highest BCUT2D eigenvalue weighted by Crippen LogP contribution is 2.40. The molecule has 0 saturated heterocycles. The molecule has 1 unspecified atom stereocenters. The van der Waals surface area contributed by atoms with Crippen LogP contribution < -0.4 is 4.74 Å². The standard InChI is InChI=1S/C16H19F3N2O3/c1-4-12-8-15(23,16(17,18)19)21(20-12)14(22)9-24-13-6-10(2)5-11(3)7-13/h5-7,23H,4,8-9H2,1-3H3. The molecular formula is C16H19F3N2O3. The van der Waals surface area contributed by atoms with Crippen molar-refractivity contribution in [3.8, 4) is 5.75 Å². The summed E-state index contributed by atoms with van der Waals surface area (Å²) < 4.78 is 44.8. The van der Waals surface area contributed by atoms with Crippen LogP contribution in [-0.4, -0.2) is 40.2 Å². The molecule has 1 aromatic carbocycles. The Morgan fingerprint density at radius 1 is 1.33 bits per heavy atom. The second kappa shape index (κ2) is 6.43. The van der Waals surface area contributed by atoms with E-state index in [0.29, 0.717) is 5.75 Å². The molecule has 0 aromatic heterocycles. The molecule has 1 aromatic rings. The summed E-state index contributed by atoms with van der Waals surface area (Å²) in [6, 6.07) is 5.23. The highest BCUT2D eigenvalue weighted by atomic mass is 19.4. The van der Waals surface area contributed by atoms with Gasteiger partial charge in [-0.25, -0.2) is 0 Å². The second-order valence-corrected chi connectivity index (χ2v) is 5.83. The third-order valence-corrected chi connectivity index (χ3v) is 3.70. The predicted octanol–water partition coefficient (Wildman–Crippen LogP) is 2.93. The number of carbonyl (C=O) groups is 1. The van der Waals surface area contributed by atoms with Gasteiger partial charge >= 0.3 is 6.18 Å². The summed E-state index contributed by atoms with van der Waals surface area (Å²) in [7, 11) is 0. The molecule has 0 radical (unpaired) electrons. The molecule has 0 bridgehead atoms. The van der Waals surface area contributed by atoms with E-state index in [0.717, 1.165) is 11.1 Å². The van der Waals surface area contributed by atoms with Gasteiger partial charge in [-0.1, -0.05) is 13.0 Å². The monoisotopic (exact) mass is 344 g/mol. The Balaban J connectivity index is 2.16. The molecule has 1 atom stereocenters. The van der Waals surface area contributed by atoms with Gasteiger partial charge in [0.1, 0.15) is 5.75 Å². The third kappa shape index (κ3) is 3.53. The molecule has 0 aliphatic carbocycles. The average molecular weight is 344 g/mol. The molecule has 5 nitrogen and oxygen atoms in total. The number of hydrazone groups is 1. The lowest BCUT2D eigenvalue weighted by molar-refractivity contribution is -0.302. The number of nitrogens with zero attached hydrogens (tertiary/aromatic N) is 2. The van der Waals surface area contributed by atoms with E-state index >= 15 is 0 Å². The van der Waals surface area contributed by atoms with Crippen molar-refractivity contribution < 1.29 is 27.8 Å². The van der Waals surface area contributed by atoms with E-state index in [1.54, 1.807) is 19.1 Å². The van der Waals surface area contributed by atoms with Gasteiger partial charge in [0.15, 0.2) is 6.61 Å². The van der Waals surface area contributed by atoms with Gasteiger partial charge in [-0.15, -0.1) is 0 Å². The first-order chi connectivity index (χ1) is 11.1. The smallest absolute Gasteiger partial charge is 0.438 e. The van der Waals surface area contributed by atoms with Crippen LogP contribution in [0, 0.1) is 13.8 Å². The van der Waals surface area contributed by atoms with Gasteiger partial charge in [-0.05, 0) is 43.5 Å². The number of amides is 1. The van der Waals surface area contributed by atoms with Gasteiger partial charge in [0.2, 0.25) is 0 Å². The molecule has 0 fully saturated rings. The Kier molecular flexibility index (Phi) is 4.89. The van der Waals surface area contributed by atoms with Crippen molar-refractivity contribution in [2.24, 2.45) is 5.10 Å². The molecule has 0 saturated carbocycles. The topological polar surface area (TPSA) is 62.1 Å². The van der Waals surface area contributed by atoms with Crippen molar-refractivity contribution in [2.45, 2.75) is 45.5 Å². The summed E-state index contributed by atoms with van der Waals surface area (Å²) in [5.41, 5.74) is -1.41. The van der Waals surface area contributed by atoms with Crippen molar-refractivity contribution in [3.63, 3.8) is 0 Å². The van der Waals surface area contributed by atoms with E-state index in [9.17, 15) is 23.1 Å². The zero-order valence-electron chi connectivity index (χ0n) is 13.6. The quantitative estimate of drug-likeness (QED) is 0.913. The van der Waals surface area contributed by atoms with Crippen LogP contribution >= 0.6 is 0 Å². The number of carbonyl (C=O) groups excluding carboxylic acids is 1. The maximum atomic E-state index is 13.2. The first-order valence-corrected chi connectivity index (χ1v) is 7.46. The van der Waals surface area contributed by atoms with Crippen LogP contribution in [0.2, 0.25) is 0 Å². The van der Waals surface area contributed by atoms with E-state index in [1.165, 1.54) is 0 Å². The fourth-order valence-electron chi connectivity index (χ4n) is 2.52. The SMILES string of the molecule is CCC1=NN(C(=O)COc2cc(C)cc(C)c2)C(O)(C(F)(F)F)C1. The minimum absolute atomic E-state index is 0.0918. The number of alkyl halides is 3. The zero-order valence-corrected chi connectivity index (χ0v) is 13.6. The lowest BCUT2D eigenvalue weighted by atomic mass is 10.1. The van der Waals surface area contributed by atoms with Crippen LogP contribution in [0.1, 0.15) is 30.9 Å². The van der Waals surface area contributed by atoms with Gasteiger partial charge < -0.3 is 9.84 Å². The van der Waals surface area contributed by atoms with E-state index in [2.05, 4.69) is 5.10 Å². The Morgan fingerprint density at radius 2 is 1.92 bits per heavy atom. The third-order valence-electron chi connectivity index (χ3n) is 3.70. The van der Waals surface area contributed by atoms with Gasteiger partial charge in [0.05, 0.1) is 0 Å². The van der Waals surface area contributed by atoms with Crippen LogP contribution in [0.15, 0.2) is 23.3 Å². The van der Waals surface area contributed by atoms with Crippen molar-refractivity contribution in [3.05, 3.63) is 29.3 Å². The maximum absolute atomic E-state index is 13.2. The van der Waals surface area contributed by atoms with E-state index in [-0.39, 0.29) is 17.1 Å². The summed E-state index contributed by atoms with van der Waals surface area (Å²) in [6.07, 6.45) is -5.55. The van der Waals surface area contributed by atoms with Crippen LogP contribution in [-0.2, 0) is 4.79 Å². The molecule has 132 valence electrons. The van der Waals surface area contributed by atoms with Crippen LogP contribution in [0.5, 0.6) is 5.75 Å². The molecule has 2 rings (SSSR count). The Morgan fingerprint density at radius 3 is 2.42 bits per heavy atom. The number of halogens is 3. The number of benzene rings is 1. The fourth-order valence-corrected chi connectivity index (χ4v) is 2.52. The number of ether oxygens (including phenoxy) is 1. The molecular weight excluding hydrogens is 325 g/mol. The minimum Gasteiger partial charge on any atom is -0.484 e. The summed E-state index contributed by atoms with van der Waals surface area (Å²) in [4.78, 5) is 12.1. The minimum atomic E-state index is -5.01.